The first-order chi connectivity index (χ1) is 11.9. The van der Waals surface area contributed by atoms with Crippen LogP contribution in [-0.2, 0) is 7.05 Å². The fourth-order valence-corrected chi connectivity index (χ4v) is 3.39. The number of nitrogens with zero attached hydrogens (tertiary/aromatic N) is 3. The molecular weight excluding hydrogens is 350 g/mol. The van der Waals surface area contributed by atoms with Crippen molar-refractivity contribution in [2.24, 2.45) is 13.0 Å². The maximum absolute atomic E-state index is 13.4. The molecule has 1 N–H and O–H groups in total. The van der Waals surface area contributed by atoms with E-state index in [4.69, 9.17) is 11.6 Å². The summed E-state index contributed by atoms with van der Waals surface area (Å²) in [6.07, 6.45) is 0.860. The van der Waals surface area contributed by atoms with Crippen molar-refractivity contribution in [2.75, 3.05) is 24.5 Å². The molecule has 1 aromatic heterocycles. The monoisotopic (exact) mass is 368 g/mol. The van der Waals surface area contributed by atoms with Crippen molar-refractivity contribution in [3.63, 3.8) is 0 Å². The molecule has 134 valence electrons. The number of rotatable bonds is 4. The molecule has 8 heteroatoms. The van der Waals surface area contributed by atoms with Gasteiger partial charge in [-0.3, -0.25) is 9.48 Å². The van der Waals surface area contributed by atoms with Crippen molar-refractivity contribution < 1.29 is 13.6 Å². The van der Waals surface area contributed by atoms with Crippen LogP contribution in [0.4, 0.5) is 14.5 Å². The zero-order chi connectivity index (χ0) is 18.1. The predicted octanol–water partition coefficient (Wildman–Crippen LogP) is 2.92. The number of nitrogens with one attached hydrogen (secondary N) is 1. The van der Waals surface area contributed by atoms with E-state index >= 15 is 0 Å². The third kappa shape index (κ3) is 3.61. The minimum absolute atomic E-state index is 0.229. The van der Waals surface area contributed by atoms with E-state index in [0.717, 1.165) is 19.0 Å². The fraction of sp³-hybridized carbons (Fsp3) is 0.412. The Hall–Kier alpha value is -2.15. The molecule has 25 heavy (non-hydrogen) atoms. The highest BCUT2D eigenvalue weighted by Crippen LogP contribution is 2.25. The highest BCUT2D eigenvalue weighted by molar-refractivity contribution is 6.33. The standard InChI is InChI=1S/C17H19ClF2N4O/c1-10-15(16(18)23(2)22-10)17(25)21-8-11-5-6-24(9-11)12-3-4-13(19)14(20)7-12/h3-4,7,11H,5-6,8-9H2,1-2H3,(H,21,25). The van der Waals surface area contributed by atoms with Crippen LogP contribution in [0.2, 0.25) is 5.15 Å². The Balaban J connectivity index is 1.58. The summed E-state index contributed by atoms with van der Waals surface area (Å²) < 4.78 is 27.9. The molecule has 1 saturated heterocycles. The zero-order valence-corrected chi connectivity index (χ0v) is 14.8. The normalized spacial score (nSPS) is 17.2. The average molecular weight is 369 g/mol. The van der Waals surface area contributed by atoms with Gasteiger partial charge in [-0.05, 0) is 31.4 Å². The molecule has 1 aromatic carbocycles. The van der Waals surface area contributed by atoms with Crippen molar-refractivity contribution >= 4 is 23.2 Å². The van der Waals surface area contributed by atoms with E-state index < -0.39 is 11.6 Å². The van der Waals surface area contributed by atoms with Crippen LogP contribution in [-0.4, -0.2) is 35.3 Å². The minimum Gasteiger partial charge on any atom is -0.371 e. The number of hydrogen-bond acceptors (Lipinski definition) is 3. The summed E-state index contributed by atoms with van der Waals surface area (Å²) in [6, 6.07) is 3.90. The Kier molecular flexibility index (Phi) is 4.94. The maximum Gasteiger partial charge on any atom is 0.256 e. The fourth-order valence-electron chi connectivity index (χ4n) is 3.13. The molecule has 1 fully saturated rings. The average Bonchev–Trinajstić information content (AvgIpc) is 3.13. The lowest BCUT2D eigenvalue weighted by atomic mass is 10.1. The number of aromatic nitrogens is 2. The van der Waals surface area contributed by atoms with E-state index in [1.807, 2.05) is 4.90 Å². The van der Waals surface area contributed by atoms with Crippen LogP contribution in [0.25, 0.3) is 0 Å². The van der Waals surface area contributed by atoms with E-state index in [9.17, 15) is 13.6 Å². The van der Waals surface area contributed by atoms with E-state index in [0.29, 0.717) is 35.2 Å². The van der Waals surface area contributed by atoms with Gasteiger partial charge in [-0.15, -0.1) is 0 Å². The molecule has 5 nitrogen and oxygen atoms in total. The molecule has 0 radical (unpaired) electrons. The third-order valence-corrected chi connectivity index (χ3v) is 4.92. The van der Waals surface area contributed by atoms with Crippen LogP contribution in [0.1, 0.15) is 22.5 Å². The van der Waals surface area contributed by atoms with Gasteiger partial charge in [0.2, 0.25) is 0 Å². The summed E-state index contributed by atoms with van der Waals surface area (Å²) in [4.78, 5) is 14.3. The first-order valence-electron chi connectivity index (χ1n) is 8.04. The van der Waals surface area contributed by atoms with Crippen LogP contribution in [0.3, 0.4) is 0 Å². The second kappa shape index (κ2) is 7.00. The summed E-state index contributed by atoms with van der Waals surface area (Å²) in [5.74, 6) is -1.72. The number of carbonyl (C=O) groups is 1. The van der Waals surface area contributed by atoms with Crippen LogP contribution in [0.15, 0.2) is 18.2 Å². The first kappa shape index (κ1) is 17.7. The Bertz CT molecular complexity index is 808. The second-order valence-electron chi connectivity index (χ2n) is 6.28. The number of carbonyl (C=O) groups excluding carboxylic acids is 1. The van der Waals surface area contributed by atoms with Gasteiger partial charge in [0, 0.05) is 38.4 Å². The molecule has 3 rings (SSSR count). The highest BCUT2D eigenvalue weighted by Gasteiger charge is 2.25. The lowest BCUT2D eigenvalue weighted by molar-refractivity contribution is 0.0947. The van der Waals surface area contributed by atoms with Crippen molar-refractivity contribution in [3.05, 3.63) is 46.2 Å². The lowest BCUT2D eigenvalue weighted by Gasteiger charge is -2.19. The second-order valence-corrected chi connectivity index (χ2v) is 6.64. The van der Waals surface area contributed by atoms with E-state index in [1.165, 1.54) is 10.7 Å². The van der Waals surface area contributed by atoms with Gasteiger partial charge in [0.25, 0.3) is 5.91 Å². The summed E-state index contributed by atoms with van der Waals surface area (Å²) in [6.45, 7) is 3.63. The lowest BCUT2D eigenvalue weighted by Crippen LogP contribution is -2.31. The number of anilines is 1. The van der Waals surface area contributed by atoms with E-state index in [1.54, 1.807) is 20.0 Å². The Morgan fingerprint density at radius 1 is 1.40 bits per heavy atom. The van der Waals surface area contributed by atoms with Gasteiger partial charge in [-0.25, -0.2) is 8.78 Å². The van der Waals surface area contributed by atoms with Gasteiger partial charge in [-0.1, -0.05) is 11.6 Å². The SMILES string of the molecule is Cc1nn(C)c(Cl)c1C(=O)NCC1CCN(c2ccc(F)c(F)c2)C1. The Morgan fingerprint density at radius 2 is 2.16 bits per heavy atom. The molecule has 1 amide bonds. The number of benzene rings is 1. The topological polar surface area (TPSA) is 50.2 Å². The minimum atomic E-state index is -0.851. The molecule has 0 spiro atoms. The van der Waals surface area contributed by atoms with Crippen LogP contribution < -0.4 is 10.2 Å². The third-order valence-electron chi connectivity index (χ3n) is 4.48. The van der Waals surface area contributed by atoms with E-state index in [2.05, 4.69) is 10.4 Å². The van der Waals surface area contributed by atoms with Gasteiger partial charge in [-0.2, -0.15) is 5.10 Å². The quantitative estimate of drug-likeness (QED) is 0.902. The van der Waals surface area contributed by atoms with Gasteiger partial charge < -0.3 is 10.2 Å². The molecular formula is C17H19ClF2N4O. The number of aryl methyl sites for hydroxylation is 2. The number of hydrogen-bond donors (Lipinski definition) is 1. The molecule has 2 heterocycles. The summed E-state index contributed by atoms with van der Waals surface area (Å²) in [7, 11) is 1.68. The predicted molar refractivity (Wildman–Crippen MR) is 92.0 cm³/mol. The molecule has 0 aliphatic carbocycles. The molecule has 1 atom stereocenters. The smallest absolute Gasteiger partial charge is 0.256 e. The van der Waals surface area contributed by atoms with Gasteiger partial charge in [0.15, 0.2) is 11.6 Å². The summed E-state index contributed by atoms with van der Waals surface area (Å²) >= 11 is 6.10. The highest BCUT2D eigenvalue weighted by atomic mass is 35.5. The van der Waals surface area contributed by atoms with Gasteiger partial charge in [0.05, 0.1) is 11.3 Å². The van der Waals surface area contributed by atoms with Crippen LogP contribution in [0.5, 0.6) is 0 Å². The molecule has 0 saturated carbocycles. The Labute approximate surface area is 149 Å². The molecule has 1 aliphatic rings. The molecule has 1 aliphatic heterocycles. The number of amides is 1. The van der Waals surface area contributed by atoms with Crippen LogP contribution in [0, 0.1) is 24.5 Å². The van der Waals surface area contributed by atoms with Gasteiger partial charge in [0.1, 0.15) is 5.15 Å². The number of halogens is 3. The molecule has 2 aromatic rings. The van der Waals surface area contributed by atoms with E-state index in [-0.39, 0.29) is 11.8 Å². The summed E-state index contributed by atoms with van der Waals surface area (Å²) in [5, 5.41) is 7.33. The molecule has 0 bridgehead atoms. The first-order valence-corrected chi connectivity index (χ1v) is 8.42. The molecule has 1 unspecified atom stereocenters. The zero-order valence-electron chi connectivity index (χ0n) is 14.0. The maximum atomic E-state index is 13.4. The van der Waals surface area contributed by atoms with Crippen molar-refractivity contribution in [3.8, 4) is 0 Å². The van der Waals surface area contributed by atoms with Crippen molar-refractivity contribution in [1.82, 2.24) is 15.1 Å². The summed E-state index contributed by atoms with van der Waals surface area (Å²) in [5.41, 5.74) is 1.62. The largest absolute Gasteiger partial charge is 0.371 e. The Morgan fingerprint density at radius 3 is 2.80 bits per heavy atom. The van der Waals surface area contributed by atoms with Gasteiger partial charge >= 0.3 is 0 Å². The van der Waals surface area contributed by atoms with Crippen LogP contribution >= 0.6 is 11.6 Å². The van der Waals surface area contributed by atoms with Crippen molar-refractivity contribution in [1.29, 1.82) is 0 Å². The van der Waals surface area contributed by atoms with Crippen molar-refractivity contribution in [2.45, 2.75) is 13.3 Å².